The summed E-state index contributed by atoms with van der Waals surface area (Å²) in [7, 11) is 0. The van der Waals surface area contributed by atoms with Crippen LogP contribution in [-0.4, -0.2) is 22.6 Å². The fourth-order valence-corrected chi connectivity index (χ4v) is 2.83. The van der Waals surface area contributed by atoms with Gasteiger partial charge in [0.25, 0.3) is 5.56 Å². The molecule has 5 nitrogen and oxygen atoms in total. The predicted molar refractivity (Wildman–Crippen MR) is 92.8 cm³/mol. The quantitative estimate of drug-likeness (QED) is 0.710. The summed E-state index contributed by atoms with van der Waals surface area (Å²) in [5, 5.41) is 2.45. The van der Waals surface area contributed by atoms with Crippen molar-refractivity contribution in [2.75, 3.05) is 6.61 Å². The van der Waals surface area contributed by atoms with Crippen LogP contribution in [0.5, 0.6) is 5.75 Å². The minimum atomic E-state index is -0.144. The van der Waals surface area contributed by atoms with Crippen LogP contribution in [-0.2, 0) is 0 Å². The van der Waals surface area contributed by atoms with Crippen LogP contribution in [0.3, 0.4) is 0 Å². The molecule has 3 aromatic rings. The topological polar surface area (TPSA) is 81.0 Å². The average Bonchev–Trinajstić information content (AvgIpc) is 2.52. The van der Waals surface area contributed by atoms with E-state index < -0.39 is 0 Å². The Hall–Kier alpha value is -2.40. The molecule has 2 heterocycles. The van der Waals surface area contributed by atoms with E-state index in [1.807, 2.05) is 24.3 Å². The van der Waals surface area contributed by atoms with E-state index in [9.17, 15) is 4.79 Å². The van der Waals surface area contributed by atoms with Crippen LogP contribution in [0.2, 0.25) is 0 Å². The zero-order valence-corrected chi connectivity index (χ0v) is 13.4. The van der Waals surface area contributed by atoms with Crippen molar-refractivity contribution in [1.29, 1.82) is 0 Å². The molecule has 1 aromatic carbocycles. The summed E-state index contributed by atoms with van der Waals surface area (Å²) in [6.07, 6.45) is 4.20. The molecule has 3 rings (SSSR count). The number of aromatic nitrogens is 2. The molecule has 23 heavy (non-hydrogen) atoms. The molecular weight excluding hydrogens is 290 g/mol. The zero-order valence-electron chi connectivity index (χ0n) is 13.4. The Morgan fingerprint density at radius 1 is 1.22 bits per heavy atom. The Morgan fingerprint density at radius 3 is 2.83 bits per heavy atom. The number of nitrogens with zero attached hydrogens (tertiary/aromatic N) is 1. The number of hydrogen-bond acceptors (Lipinski definition) is 4. The van der Waals surface area contributed by atoms with Gasteiger partial charge in [-0.05, 0) is 35.9 Å². The van der Waals surface area contributed by atoms with Crippen molar-refractivity contribution in [2.45, 2.75) is 26.3 Å². The zero-order chi connectivity index (χ0) is 16.4. The van der Waals surface area contributed by atoms with Gasteiger partial charge in [0.15, 0.2) is 0 Å². The SMILES string of the molecule is CC(C)CC(N)COc1ccc2c(c1)[nH]c(=O)c1cnccc12. The van der Waals surface area contributed by atoms with Gasteiger partial charge in [-0.25, -0.2) is 0 Å². The maximum Gasteiger partial charge on any atom is 0.257 e. The smallest absolute Gasteiger partial charge is 0.257 e. The summed E-state index contributed by atoms with van der Waals surface area (Å²) in [6, 6.07) is 7.57. The van der Waals surface area contributed by atoms with Gasteiger partial charge in [0.2, 0.25) is 0 Å². The van der Waals surface area contributed by atoms with E-state index in [0.717, 1.165) is 22.7 Å². The Kier molecular flexibility index (Phi) is 4.30. The number of rotatable bonds is 5. The third-order valence-corrected chi connectivity index (χ3v) is 3.83. The second-order valence-electron chi connectivity index (χ2n) is 6.28. The Morgan fingerprint density at radius 2 is 2.04 bits per heavy atom. The minimum absolute atomic E-state index is 0.00687. The highest BCUT2D eigenvalue weighted by molar-refractivity contribution is 6.05. The van der Waals surface area contributed by atoms with Gasteiger partial charge in [-0.3, -0.25) is 9.78 Å². The van der Waals surface area contributed by atoms with Gasteiger partial charge in [0.05, 0.1) is 10.9 Å². The van der Waals surface area contributed by atoms with E-state index in [1.54, 1.807) is 12.4 Å². The van der Waals surface area contributed by atoms with Crippen LogP contribution >= 0.6 is 0 Å². The van der Waals surface area contributed by atoms with E-state index in [4.69, 9.17) is 10.5 Å². The number of nitrogens with two attached hydrogens (primary N) is 1. The normalized spacial score (nSPS) is 12.9. The van der Waals surface area contributed by atoms with Crippen LogP contribution in [0, 0.1) is 5.92 Å². The van der Waals surface area contributed by atoms with Gasteiger partial charge < -0.3 is 15.5 Å². The molecule has 2 aromatic heterocycles. The Labute approximate surface area is 134 Å². The third kappa shape index (κ3) is 3.35. The molecule has 120 valence electrons. The summed E-state index contributed by atoms with van der Waals surface area (Å²) in [5.74, 6) is 1.25. The molecule has 0 radical (unpaired) electrons. The molecule has 5 heteroatoms. The summed E-state index contributed by atoms with van der Waals surface area (Å²) >= 11 is 0. The lowest BCUT2D eigenvalue weighted by atomic mass is 10.1. The van der Waals surface area contributed by atoms with Crippen molar-refractivity contribution in [3.8, 4) is 5.75 Å². The van der Waals surface area contributed by atoms with Crippen molar-refractivity contribution in [3.63, 3.8) is 0 Å². The van der Waals surface area contributed by atoms with Gasteiger partial charge in [0.1, 0.15) is 12.4 Å². The summed E-state index contributed by atoms with van der Waals surface area (Å²) in [5.41, 5.74) is 6.65. The number of nitrogens with one attached hydrogen (secondary N) is 1. The maximum atomic E-state index is 12.1. The fraction of sp³-hybridized carbons (Fsp3) is 0.333. The first-order valence-electron chi connectivity index (χ1n) is 7.82. The van der Waals surface area contributed by atoms with Crippen molar-refractivity contribution >= 4 is 21.7 Å². The first-order valence-corrected chi connectivity index (χ1v) is 7.82. The molecule has 3 N–H and O–H groups in total. The predicted octanol–water partition coefficient (Wildman–Crippen LogP) is 2.83. The fourth-order valence-electron chi connectivity index (χ4n) is 2.83. The van der Waals surface area contributed by atoms with E-state index in [0.29, 0.717) is 23.7 Å². The number of pyridine rings is 2. The number of H-pyrrole nitrogens is 1. The van der Waals surface area contributed by atoms with E-state index in [1.165, 1.54) is 0 Å². The van der Waals surface area contributed by atoms with Crippen LogP contribution in [0.25, 0.3) is 21.7 Å². The van der Waals surface area contributed by atoms with Gasteiger partial charge in [-0.15, -0.1) is 0 Å². The average molecular weight is 311 g/mol. The van der Waals surface area contributed by atoms with Crippen LogP contribution in [0.1, 0.15) is 20.3 Å². The van der Waals surface area contributed by atoms with Crippen LogP contribution in [0.15, 0.2) is 41.5 Å². The molecule has 0 bridgehead atoms. The lowest BCUT2D eigenvalue weighted by Gasteiger charge is -2.15. The number of aromatic amines is 1. The van der Waals surface area contributed by atoms with Crippen molar-refractivity contribution < 1.29 is 4.74 Å². The standard InChI is InChI=1S/C18H21N3O2/c1-11(2)7-12(19)10-23-13-3-4-15-14-5-6-20-9-16(14)18(22)21-17(15)8-13/h3-6,8-9,11-12H,7,10,19H2,1-2H3,(H,21,22). The molecule has 0 aliphatic rings. The highest BCUT2D eigenvalue weighted by Gasteiger charge is 2.09. The first-order chi connectivity index (χ1) is 11.0. The minimum Gasteiger partial charge on any atom is -0.492 e. The lowest BCUT2D eigenvalue weighted by molar-refractivity contribution is 0.271. The largest absolute Gasteiger partial charge is 0.492 e. The van der Waals surface area contributed by atoms with Crippen LogP contribution in [0.4, 0.5) is 0 Å². The molecule has 1 atom stereocenters. The van der Waals surface area contributed by atoms with Gasteiger partial charge in [0, 0.05) is 29.9 Å². The first kappa shape index (κ1) is 15.5. The molecule has 0 aliphatic heterocycles. The van der Waals surface area contributed by atoms with E-state index in [2.05, 4.69) is 23.8 Å². The van der Waals surface area contributed by atoms with Crippen molar-refractivity contribution in [2.24, 2.45) is 11.7 Å². The van der Waals surface area contributed by atoms with E-state index in [-0.39, 0.29) is 11.6 Å². The summed E-state index contributed by atoms with van der Waals surface area (Å²) in [6.45, 7) is 4.74. The van der Waals surface area contributed by atoms with Gasteiger partial charge in [-0.2, -0.15) is 0 Å². The van der Waals surface area contributed by atoms with Crippen molar-refractivity contribution in [1.82, 2.24) is 9.97 Å². The number of fused-ring (bicyclic) bond motifs is 3. The molecular formula is C18H21N3O2. The Bertz CT molecular complexity index is 886. The maximum absolute atomic E-state index is 12.1. The molecule has 0 saturated carbocycles. The molecule has 0 fully saturated rings. The molecule has 1 unspecified atom stereocenters. The number of benzene rings is 1. The molecule has 0 amide bonds. The monoisotopic (exact) mass is 311 g/mol. The molecule has 0 saturated heterocycles. The second kappa shape index (κ2) is 6.38. The highest BCUT2D eigenvalue weighted by atomic mass is 16.5. The van der Waals surface area contributed by atoms with Crippen LogP contribution < -0.4 is 16.0 Å². The molecule has 0 spiro atoms. The third-order valence-electron chi connectivity index (χ3n) is 3.83. The summed E-state index contributed by atoms with van der Waals surface area (Å²) in [4.78, 5) is 19.0. The van der Waals surface area contributed by atoms with Gasteiger partial charge in [-0.1, -0.05) is 13.8 Å². The Balaban J connectivity index is 1.91. The van der Waals surface area contributed by atoms with E-state index >= 15 is 0 Å². The summed E-state index contributed by atoms with van der Waals surface area (Å²) < 4.78 is 5.77. The lowest BCUT2D eigenvalue weighted by Crippen LogP contribution is -2.29. The van der Waals surface area contributed by atoms with Gasteiger partial charge >= 0.3 is 0 Å². The highest BCUT2D eigenvalue weighted by Crippen LogP contribution is 2.24. The molecule has 0 aliphatic carbocycles. The van der Waals surface area contributed by atoms with Crippen molar-refractivity contribution in [3.05, 3.63) is 47.0 Å². The number of ether oxygens (including phenoxy) is 1. The number of hydrogen-bond donors (Lipinski definition) is 2. The second-order valence-corrected chi connectivity index (χ2v) is 6.28.